The number of aliphatic imine (C=N–C) groups is 1. The number of benzene rings is 2. The van der Waals surface area contributed by atoms with E-state index in [2.05, 4.69) is 29.4 Å². The highest BCUT2D eigenvalue weighted by atomic mass is 35.5. The van der Waals surface area contributed by atoms with Crippen LogP contribution in [0.4, 0.5) is 0 Å². The summed E-state index contributed by atoms with van der Waals surface area (Å²) in [6.45, 7) is 6.09. The van der Waals surface area contributed by atoms with E-state index in [1.54, 1.807) is 23.5 Å². The van der Waals surface area contributed by atoms with E-state index in [0.29, 0.717) is 42.1 Å². The summed E-state index contributed by atoms with van der Waals surface area (Å²) in [7, 11) is 0. The average Bonchev–Trinajstić information content (AvgIpc) is 3.66. The van der Waals surface area contributed by atoms with Gasteiger partial charge in [-0.1, -0.05) is 42.3 Å². The van der Waals surface area contributed by atoms with Gasteiger partial charge in [-0.2, -0.15) is 0 Å². The molecule has 4 amide bonds. The van der Waals surface area contributed by atoms with E-state index in [9.17, 15) is 24.0 Å². The summed E-state index contributed by atoms with van der Waals surface area (Å²) in [6, 6.07) is 11.2. The number of hydrogen-bond acceptors (Lipinski definition) is 9. The first-order valence-corrected chi connectivity index (χ1v) is 17.9. The third kappa shape index (κ3) is 6.00. The Morgan fingerprint density at radius 2 is 1.74 bits per heavy atom. The van der Waals surface area contributed by atoms with Gasteiger partial charge in [0.1, 0.15) is 28.7 Å². The predicted molar refractivity (Wildman–Crippen MR) is 188 cm³/mol. The second kappa shape index (κ2) is 13.5. The molecule has 2 atom stereocenters. The Morgan fingerprint density at radius 1 is 0.960 bits per heavy atom. The molecule has 1 unspecified atom stereocenters. The normalized spacial score (nSPS) is 18.4. The zero-order valence-corrected chi connectivity index (χ0v) is 29.5. The van der Waals surface area contributed by atoms with E-state index in [4.69, 9.17) is 16.6 Å². The van der Waals surface area contributed by atoms with Gasteiger partial charge < -0.3 is 0 Å². The minimum absolute atomic E-state index is 0.0700. The van der Waals surface area contributed by atoms with E-state index < -0.39 is 35.7 Å². The highest BCUT2D eigenvalue weighted by molar-refractivity contribution is 7.15. The van der Waals surface area contributed by atoms with Crippen LogP contribution >= 0.6 is 22.9 Å². The molecule has 256 valence electrons. The number of rotatable bonds is 10. The van der Waals surface area contributed by atoms with Crippen LogP contribution in [0.3, 0.4) is 0 Å². The van der Waals surface area contributed by atoms with Gasteiger partial charge in [-0.3, -0.25) is 43.7 Å². The lowest BCUT2D eigenvalue weighted by Gasteiger charge is -2.27. The maximum Gasteiger partial charge on any atom is 0.262 e. The summed E-state index contributed by atoms with van der Waals surface area (Å²) < 4.78 is 2.04. The van der Waals surface area contributed by atoms with Gasteiger partial charge in [0.05, 0.1) is 16.8 Å². The van der Waals surface area contributed by atoms with Crippen LogP contribution in [0.15, 0.2) is 47.5 Å². The van der Waals surface area contributed by atoms with E-state index in [1.807, 2.05) is 41.8 Å². The van der Waals surface area contributed by atoms with E-state index in [-0.39, 0.29) is 30.6 Å². The van der Waals surface area contributed by atoms with Crippen LogP contribution in [0, 0.1) is 20.8 Å². The number of halogens is 1. The van der Waals surface area contributed by atoms with Gasteiger partial charge in [-0.05, 0) is 75.8 Å². The lowest BCUT2D eigenvalue weighted by Crippen LogP contribution is -2.54. The number of unbranched alkanes of at least 4 members (excludes halogenated alkanes) is 2. The molecule has 0 aliphatic carbocycles. The molecule has 7 rings (SSSR count). The number of piperidine rings is 1. The highest BCUT2D eigenvalue weighted by Gasteiger charge is 2.45. The summed E-state index contributed by atoms with van der Waals surface area (Å²) in [5.74, 6) is -0.609. The number of nitrogens with one attached hydrogen (secondary N) is 1. The van der Waals surface area contributed by atoms with Crippen LogP contribution in [0.5, 0.6) is 0 Å². The number of carbonyl (C=O) groups is 5. The Morgan fingerprint density at radius 3 is 2.50 bits per heavy atom. The van der Waals surface area contributed by atoms with Crippen molar-refractivity contribution >= 4 is 58.1 Å². The number of aryl methyl sites for hydroxylation is 3. The third-order valence-corrected chi connectivity index (χ3v) is 11.2. The Hall–Kier alpha value is -4.81. The van der Waals surface area contributed by atoms with E-state index in [1.165, 1.54) is 4.88 Å². The van der Waals surface area contributed by atoms with Crippen molar-refractivity contribution in [2.75, 3.05) is 0 Å². The summed E-state index contributed by atoms with van der Waals surface area (Å²) in [6.07, 6.45) is 3.37. The molecule has 0 saturated carbocycles. The molecule has 3 aliphatic heterocycles. The van der Waals surface area contributed by atoms with Crippen molar-refractivity contribution in [3.63, 3.8) is 0 Å². The number of hydrogen-bond donors (Lipinski definition) is 1. The van der Waals surface area contributed by atoms with Crippen molar-refractivity contribution in [2.45, 2.75) is 84.2 Å². The molecule has 0 bridgehead atoms. The molecule has 1 fully saturated rings. The van der Waals surface area contributed by atoms with Crippen LogP contribution in [0.25, 0.3) is 5.00 Å². The maximum atomic E-state index is 13.5. The standard InChI is InChI=1S/C37H35ClN6O5S/c1-19-20(2)50-37-30(19)32(23-12-14-24(38)15-13-23)39-27(33-42-41-21(3)43(33)37)18-25(45)10-6-4-5-8-22-9-7-11-26-31(22)36(49)44(35(26)48)28-16-17-29(46)40-34(28)47/h7,9,11-15,27-28H,4-6,8,10,16-18H2,1-3H3,(H,40,46,47)/t27-,28?/m0/s1. The SMILES string of the molecule is Cc1sc2c(c1C)C(c1ccc(Cl)cc1)=N[C@@H](CC(=O)CCCCCc1cccc3c1C(=O)N(C1CCC(=O)NC1=O)C3=O)c1nnc(C)n1-2. The molecule has 0 spiro atoms. The fraction of sp³-hybridized carbons (Fsp3) is 0.351. The fourth-order valence-electron chi connectivity index (χ4n) is 7.06. The van der Waals surface area contributed by atoms with Crippen molar-refractivity contribution in [1.29, 1.82) is 0 Å². The van der Waals surface area contributed by atoms with Crippen LogP contribution in [0.2, 0.25) is 5.02 Å². The first-order chi connectivity index (χ1) is 24.0. The lowest BCUT2D eigenvalue weighted by molar-refractivity contribution is -0.136. The van der Waals surface area contributed by atoms with Gasteiger partial charge in [0.2, 0.25) is 11.8 Å². The number of nitrogens with zero attached hydrogens (tertiary/aromatic N) is 5. The molecule has 5 heterocycles. The quantitative estimate of drug-likeness (QED) is 0.158. The maximum absolute atomic E-state index is 13.5. The summed E-state index contributed by atoms with van der Waals surface area (Å²) in [5.41, 5.74) is 5.19. The van der Waals surface area contributed by atoms with Crippen LogP contribution in [-0.2, 0) is 20.8 Å². The van der Waals surface area contributed by atoms with Crippen molar-refractivity contribution in [3.8, 4) is 5.00 Å². The number of Topliss-reactive ketones (excluding diaryl/α,β-unsaturated/α-hetero) is 1. The smallest absolute Gasteiger partial charge is 0.262 e. The van der Waals surface area contributed by atoms with Gasteiger partial charge in [-0.25, -0.2) is 0 Å². The van der Waals surface area contributed by atoms with Gasteiger partial charge in [0.15, 0.2) is 5.82 Å². The molecule has 13 heteroatoms. The van der Waals surface area contributed by atoms with Crippen molar-refractivity contribution in [1.82, 2.24) is 25.0 Å². The number of amides is 4. The average molecular weight is 711 g/mol. The molecular formula is C37H35ClN6O5S. The Kier molecular flexibility index (Phi) is 9.08. The van der Waals surface area contributed by atoms with Gasteiger partial charge in [0, 0.05) is 40.3 Å². The minimum atomic E-state index is -1.00. The third-order valence-electron chi connectivity index (χ3n) is 9.73. The molecule has 50 heavy (non-hydrogen) atoms. The van der Waals surface area contributed by atoms with Gasteiger partial charge in [0.25, 0.3) is 11.8 Å². The van der Waals surface area contributed by atoms with E-state index >= 15 is 0 Å². The lowest BCUT2D eigenvalue weighted by atomic mass is 9.97. The van der Waals surface area contributed by atoms with E-state index in [0.717, 1.165) is 50.1 Å². The molecule has 1 saturated heterocycles. The second-order valence-corrected chi connectivity index (χ2v) is 14.6. The molecule has 3 aliphatic rings. The minimum Gasteiger partial charge on any atom is -0.300 e. The zero-order valence-electron chi connectivity index (χ0n) is 27.9. The predicted octanol–water partition coefficient (Wildman–Crippen LogP) is 5.96. The summed E-state index contributed by atoms with van der Waals surface area (Å²) in [5, 5.41) is 12.7. The number of fused-ring (bicyclic) bond motifs is 4. The summed E-state index contributed by atoms with van der Waals surface area (Å²) >= 11 is 7.89. The van der Waals surface area contributed by atoms with Crippen LogP contribution in [-0.4, -0.2) is 60.8 Å². The van der Waals surface area contributed by atoms with Crippen LogP contribution < -0.4 is 5.32 Å². The first-order valence-electron chi connectivity index (χ1n) is 16.7. The number of imide groups is 2. The largest absolute Gasteiger partial charge is 0.300 e. The Balaban J connectivity index is 1.02. The van der Waals surface area contributed by atoms with Crippen molar-refractivity contribution in [2.24, 2.45) is 4.99 Å². The molecule has 2 aromatic carbocycles. The zero-order chi connectivity index (χ0) is 35.3. The fourth-order valence-corrected chi connectivity index (χ4v) is 8.40. The van der Waals surface area contributed by atoms with Crippen LogP contribution in [0.1, 0.15) is 110 Å². The summed E-state index contributed by atoms with van der Waals surface area (Å²) in [4.78, 5) is 71.5. The number of aromatic nitrogens is 3. The number of thiophene rings is 1. The molecule has 2 aromatic heterocycles. The topological polar surface area (TPSA) is 144 Å². The molecule has 11 nitrogen and oxygen atoms in total. The van der Waals surface area contributed by atoms with Crippen molar-refractivity contribution < 1.29 is 24.0 Å². The highest BCUT2D eigenvalue weighted by Crippen LogP contribution is 2.40. The number of carbonyl (C=O) groups excluding carboxylic acids is 5. The molecule has 0 radical (unpaired) electrons. The molecule has 4 aromatic rings. The Labute approximate surface area is 297 Å². The molecular weight excluding hydrogens is 676 g/mol. The Bertz CT molecular complexity index is 2120. The van der Waals surface area contributed by atoms with Crippen molar-refractivity contribution in [3.05, 3.63) is 97.4 Å². The number of ketones is 1. The van der Waals surface area contributed by atoms with Gasteiger partial charge in [-0.15, -0.1) is 21.5 Å². The first kappa shape index (κ1) is 33.7. The molecule has 1 N–H and O–H groups in total. The second-order valence-electron chi connectivity index (χ2n) is 13.0. The van der Waals surface area contributed by atoms with Gasteiger partial charge >= 0.3 is 0 Å². The monoisotopic (exact) mass is 710 g/mol.